The Hall–Kier alpha value is -3.04. The number of carbonyl (C=O) groups excluding carboxylic acids is 1. The maximum atomic E-state index is 12.4. The van der Waals surface area contributed by atoms with Crippen molar-refractivity contribution in [2.24, 2.45) is 0 Å². The summed E-state index contributed by atoms with van der Waals surface area (Å²) in [4.78, 5) is 16.3. The number of pyridine rings is 1. The van der Waals surface area contributed by atoms with Crippen LogP contribution in [0.2, 0.25) is 0 Å². The number of nitrogens with zero attached hydrogens (tertiary/aromatic N) is 2. The summed E-state index contributed by atoms with van der Waals surface area (Å²) in [5, 5.41) is 6.22. The molecule has 0 atom stereocenters. The number of carbonyl (C=O) groups is 1. The largest absolute Gasteiger partial charge is 0.360 e. The number of hydrogen-bond acceptors (Lipinski definition) is 6. The maximum Gasteiger partial charge on any atom is 0.256 e. The van der Waals surface area contributed by atoms with Crippen molar-refractivity contribution in [3.05, 3.63) is 71.7 Å². The molecular formula is C17H16N4O4S. The number of rotatable bonds is 6. The predicted octanol–water partition coefficient (Wildman–Crippen LogP) is 2.11. The van der Waals surface area contributed by atoms with Gasteiger partial charge >= 0.3 is 0 Å². The second kappa shape index (κ2) is 7.46. The molecule has 0 saturated heterocycles. The van der Waals surface area contributed by atoms with Gasteiger partial charge in [-0.1, -0.05) is 17.3 Å². The molecule has 1 aromatic carbocycles. The van der Waals surface area contributed by atoms with E-state index in [9.17, 15) is 13.2 Å². The molecule has 3 aromatic rings. The summed E-state index contributed by atoms with van der Waals surface area (Å²) in [7, 11) is -3.79. The summed E-state index contributed by atoms with van der Waals surface area (Å²) < 4.78 is 32.2. The van der Waals surface area contributed by atoms with Crippen molar-refractivity contribution in [2.75, 3.05) is 5.32 Å². The first-order valence-corrected chi connectivity index (χ1v) is 9.17. The first-order chi connectivity index (χ1) is 12.4. The minimum Gasteiger partial charge on any atom is -0.360 e. The van der Waals surface area contributed by atoms with Crippen LogP contribution in [0.15, 0.2) is 64.1 Å². The highest BCUT2D eigenvalue weighted by molar-refractivity contribution is 7.89. The molecule has 0 bridgehead atoms. The lowest BCUT2D eigenvalue weighted by Crippen LogP contribution is -2.24. The van der Waals surface area contributed by atoms with Gasteiger partial charge in [-0.05, 0) is 37.3 Å². The minimum absolute atomic E-state index is 0.0163. The van der Waals surface area contributed by atoms with E-state index in [1.807, 2.05) is 0 Å². The van der Waals surface area contributed by atoms with Gasteiger partial charge in [-0.15, -0.1) is 0 Å². The molecule has 1 amide bonds. The van der Waals surface area contributed by atoms with Gasteiger partial charge in [0.05, 0.1) is 17.1 Å². The lowest BCUT2D eigenvalue weighted by molar-refractivity contribution is 0.102. The Bertz CT molecular complexity index is 1020. The van der Waals surface area contributed by atoms with E-state index in [1.165, 1.54) is 24.3 Å². The summed E-state index contributed by atoms with van der Waals surface area (Å²) in [5.41, 5.74) is 0.776. The molecule has 2 aromatic heterocycles. The number of hydrogen-bond donors (Lipinski definition) is 2. The molecule has 0 aliphatic carbocycles. The molecule has 0 radical (unpaired) electrons. The van der Waals surface area contributed by atoms with Crippen LogP contribution in [0.1, 0.15) is 21.8 Å². The molecule has 3 rings (SSSR count). The number of nitrogens with one attached hydrogen (secondary N) is 2. The second-order valence-electron chi connectivity index (χ2n) is 5.45. The fourth-order valence-electron chi connectivity index (χ4n) is 2.17. The van der Waals surface area contributed by atoms with Crippen LogP contribution >= 0.6 is 0 Å². The molecule has 0 aliphatic rings. The average Bonchev–Trinajstić information content (AvgIpc) is 3.06. The lowest BCUT2D eigenvalue weighted by atomic mass is 10.2. The van der Waals surface area contributed by atoms with Crippen LogP contribution in [0.3, 0.4) is 0 Å². The smallest absolute Gasteiger partial charge is 0.256 e. The number of sulfonamides is 1. The molecule has 0 aliphatic heterocycles. The van der Waals surface area contributed by atoms with E-state index in [0.29, 0.717) is 11.5 Å². The predicted molar refractivity (Wildman–Crippen MR) is 93.9 cm³/mol. The van der Waals surface area contributed by atoms with Crippen LogP contribution in [-0.2, 0) is 16.6 Å². The van der Waals surface area contributed by atoms with Gasteiger partial charge in [-0.25, -0.2) is 13.1 Å². The zero-order valence-corrected chi connectivity index (χ0v) is 14.7. The van der Waals surface area contributed by atoms with Gasteiger partial charge in [-0.2, -0.15) is 0 Å². The van der Waals surface area contributed by atoms with Crippen molar-refractivity contribution in [3.63, 3.8) is 0 Å². The summed E-state index contributed by atoms with van der Waals surface area (Å²) in [6.07, 6.45) is 1.58. The highest BCUT2D eigenvalue weighted by Crippen LogP contribution is 2.14. The Kier molecular flexibility index (Phi) is 5.10. The van der Waals surface area contributed by atoms with E-state index >= 15 is 0 Å². The van der Waals surface area contributed by atoms with Gasteiger partial charge in [-0.3, -0.25) is 9.78 Å². The number of aromatic nitrogens is 2. The van der Waals surface area contributed by atoms with Crippen molar-refractivity contribution in [1.82, 2.24) is 14.9 Å². The normalized spacial score (nSPS) is 11.3. The lowest BCUT2D eigenvalue weighted by Gasteiger charge is -2.08. The second-order valence-corrected chi connectivity index (χ2v) is 7.22. The van der Waals surface area contributed by atoms with Crippen molar-refractivity contribution >= 4 is 21.7 Å². The number of amides is 1. The molecule has 134 valence electrons. The highest BCUT2D eigenvalue weighted by Gasteiger charge is 2.17. The molecule has 9 heteroatoms. The van der Waals surface area contributed by atoms with E-state index in [1.54, 1.807) is 37.4 Å². The Balaban J connectivity index is 1.74. The van der Waals surface area contributed by atoms with Crippen LogP contribution in [0, 0.1) is 6.92 Å². The molecule has 8 nitrogen and oxygen atoms in total. The van der Waals surface area contributed by atoms with Gasteiger partial charge in [0.2, 0.25) is 10.0 Å². The maximum absolute atomic E-state index is 12.4. The number of benzene rings is 1. The molecular weight excluding hydrogens is 356 g/mol. The first kappa shape index (κ1) is 17.8. The Morgan fingerprint density at radius 1 is 1.15 bits per heavy atom. The van der Waals surface area contributed by atoms with Crippen LogP contribution in [0.5, 0.6) is 0 Å². The molecule has 0 unspecified atom stereocenters. The van der Waals surface area contributed by atoms with Crippen molar-refractivity contribution < 1.29 is 17.7 Å². The zero-order chi connectivity index (χ0) is 18.6. The Morgan fingerprint density at radius 2 is 2.00 bits per heavy atom. The van der Waals surface area contributed by atoms with E-state index in [4.69, 9.17) is 4.52 Å². The van der Waals surface area contributed by atoms with E-state index < -0.39 is 15.9 Å². The fraction of sp³-hybridized carbons (Fsp3) is 0.118. The summed E-state index contributed by atoms with van der Waals surface area (Å²) in [5.74, 6) is 0.324. The van der Waals surface area contributed by atoms with Crippen LogP contribution in [0.4, 0.5) is 5.82 Å². The molecule has 0 fully saturated rings. The Morgan fingerprint density at radius 3 is 2.69 bits per heavy atom. The van der Waals surface area contributed by atoms with E-state index in [-0.39, 0.29) is 22.8 Å². The zero-order valence-electron chi connectivity index (χ0n) is 13.8. The molecule has 2 N–H and O–H groups in total. The first-order valence-electron chi connectivity index (χ1n) is 7.68. The third-order valence-electron chi connectivity index (χ3n) is 3.45. The number of aryl methyl sites for hydroxylation is 1. The third kappa shape index (κ3) is 4.32. The Labute approximate surface area is 150 Å². The van der Waals surface area contributed by atoms with Gasteiger partial charge < -0.3 is 9.84 Å². The average molecular weight is 372 g/mol. The minimum atomic E-state index is -3.79. The van der Waals surface area contributed by atoms with Gasteiger partial charge in [0, 0.05) is 17.8 Å². The van der Waals surface area contributed by atoms with Gasteiger partial charge in [0.15, 0.2) is 5.82 Å². The van der Waals surface area contributed by atoms with Crippen molar-refractivity contribution in [3.8, 4) is 0 Å². The van der Waals surface area contributed by atoms with Crippen molar-refractivity contribution in [1.29, 1.82) is 0 Å². The molecule has 0 spiro atoms. The fourth-order valence-corrected chi connectivity index (χ4v) is 3.22. The summed E-state index contributed by atoms with van der Waals surface area (Å²) in [6.45, 7) is 1.75. The monoisotopic (exact) mass is 372 g/mol. The van der Waals surface area contributed by atoms with Crippen LogP contribution in [0.25, 0.3) is 0 Å². The SMILES string of the molecule is Cc1cc(NC(=O)c2cccc(S(=O)(=O)NCc3ccccn3)c2)no1. The standard InChI is InChI=1S/C17H16N4O4S/c1-12-9-16(21-25-12)20-17(22)13-5-4-7-15(10-13)26(23,24)19-11-14-6-2-3-8-18-14/h2-10,19H,11H2,1H3,(H,20,21,22). The van der Waals surface area contributed by atoms with Crippen molar-refractivity contribution in [2.45, 2.75) is 18.4 Å². The van der Waals surface area contributed by atoms with Gasteiger partial charge in [0.1, 0.15) is 5.76 Å². The van der Waals surface area contributed by atoms with Gasteiger partial charge in [0.25, 0.3) is 5.91 Å². The molecule has 26 heavy (non-hydrogen) atoms. The van der Waals surface area contributed by atoms with Crippen LogP contribution < -0.4 is 10.0 Å². The number of anilines is 1. The quantitative estimate of drug-likeness (QED) is 0.685. The topological polar surface area (TPSA) is 114 Å². The molecule has 0 saturated carbocycles. The summed E-state index contributed by atoms with van der Waals surface area (Å²) in [6, 6.07) is 12.5. The highest BCUT2D eigenvalue weighted by atomic mass is 32.2. The van der Waals surface area contributed by atoms with E-state index in [0.717, 1.165) is 0 Å². The van der Waals surface area contributed by atoms with E-state index in [2.05, 4.69) is 20.2 Å². The third-order valence-corrected chi connectivity index (χ3v) is 4.84. The van der Waals surface area contributed by atoms with Crippen LogP contribution in [-0.4, -0.2) is 24.5 Å². The summed E-state index contributed by atoms with van der Waals surface area (Å²) >= 11 is 0. The molecule has 2 heterocycles.